The van der Waals surface area contributed by atoms with Gasteiger partial charge in [-0.15, -0.1) is 0 Å². The molecule has 6 heteroatoms. The second-order valence-corrected chi connectivity index (χ2v) is 18.6. The number of esters is 3. The number of carbonyl (C=O) groups excluding carboxylic acids is 3. The maximum Gasteiger partial charge on any atom is 0.306 e. The molecule has 0 aliphatic heterocycles. The Balaban J connectivity index is 4.31. The Hall–Kier alpha value is -1.59. The number of hydrogen-bond donors (Lipinski definition) is 0. The molecular formula is C53H102O6. The van der Waals surface area contributed by atoms with Crippen LogP contribution in [0.3, 0.4) is 0 Å². The van der Waals surface area contributed by atoms with Crippen molar-refractivity contribution in [2.75, 3.05) is 13.2 Å². The van der Waals surface area contributed by atoms with Gasteiger partial charge in [-0.25, -0.2) is 0 Å². The molecule has 0 amide bonds. The molecule has 0 aromatic heterocycles. The zero-order valence-corrected chi connectivity index (χ0v) is 40.2. The third kappa shape index (κ3) is 47.3. The topological polar surface area (TPSA) is 78.9 Å². The highest BCUT2D eigenvalue weighted by atomic mass is 16.6. The molecule has 0 N–H and O–H groups in total. The van der Waals surface area contributed by atoms with Crippen LogP contribution in [0.5, 0.6) is 0 Å². The fourth-order valence-corrected chi connectivity index (χ4v) is 8.04. The van der Waals surface area contributed by atoms with E-state index in [1.165, 1.54) is 193 Å². The van der Waals surface area contributed by atoms with E-state index in [2.05, 4.69) is 27.7 Å². The molecule has 6 nitrogen and oxygen atoms in total. The van der Waals surface area contributed by atoms with E-state index < -0.39 is 6.10 Å². The highest BCUT2D eigenvalue weighted by molar-refractivity contribution is 5.71. The molecule has 0 unspecified atom stereocenters. The second-order valence-electron chi connectivity index (χ2n) is 18.6. The molecule has 59 heavy (non-hydrogen) atoms. The van der Waals surface area contributed by atoms with Crippen molar-refractivity contribution in [1.29, 1.82) is 0 Å². The van der Waals surface area contributed by atoms with E-state index in [1.807, 2.05) is 0 Å². The van der Waals surface area contributed by atoms with E-state index in [-0.39, 0.29) is 31.1 Å². The van der Waals surface area contributed by atoms with Crippen LogP contribution >= 0.6 is 0 Å². The van der Waals surface area contributed by atoms with Crippen molar-refractivity contribution in [2.45, 2.75) is 303 Å². The Kier molecular flexibility index (Phi) is 46.2. The van der Waals surface area contributed by atoms with Crippen LogP contribution in [0, 0.1) is 5.92 Å². The second kappa shape index (κ2) is 47.5. The summed E-state index contributed by atoms with van der Waals surface area (Å²) in [6.07, 6.45) is 49.4. The Labute approximate surface area is 368 Å². The lowest BCUT2D eigenvalue weighted by atomic mass is 10.0. The lowest BCUT2D eigenvalue weighted by molar-refractivity contribution is -0.167. The highest BCUT2D eigenvalue weighted by Crippen LogP contribution is 2.17. The van der Waals surface area contributed by atoms with Crippen molar-refractivity contribution < 1.29 is 28.6 Å². The van der Waals surface area contributed by atoms with Gasteiger partial charge in [-0.05, 0) is 25.2 Å². The smallest absolute Gasteiger partial charge is 0.306 e. The zero-order valence-electron chi connectivity index (χ0n) is 40.2. The van der Waals surface area contributed by atoms with Crippen LogP contribution in [0.15, 0.2) is 0 Å². The number of hydrogen-bond acceptors (Lipinski definition) is 6. The molecule has 0 heterocycles. The summed E-state index contributed by atoms with van der Waals surface area (Å²) in [7, 11) is 0. The van der Waals surface area contributed by atoms with Gasteiger partial charge in [0.25, 0.3) is 0 Å². The van der Waals surface area contributed by atoms with Crippen LogP contribution in [0.4, 0.5) is 0 Å². The average Bonchev–Trinajstić information content (AvgIpc) is 3.22. The first-order valence-electron chi connectivity index (χ1n) is 26.4. The predicted molar refractivity (Wildman–Crippen MR) is 252 cm³/mol. The molecule has 0 aromatic rings. The van der Waals surface area contributed by atoms with Gasteiger partial charge in [-0.3, -0.25) is 14.4 Å². The maximum absolute atomic E-state index is 12.8. The summed E-state index contributed by atoms with van der Waals surface area (Å²) in [6.45, 7) is 9.01. The first kappa shape index (κ1) is 57.4. The van der Waals surface area contributed by atoms with Gasteiger partial charge in [0, 0.05) is 19.3 Å². The van der Waals surface area contributed by atoms with Crippen molar-refractivity contribution in [3.05, 3.63) is 0 Å². The first-order chi connectivity index (χ1) is 28.9. The monoisotopic (exact) mass is 835 g/mol. The number of ether oxygens (including phenoxy) is 3. The van der Waals surface area contributed by atoms with Crippen molar-refractivity contribution in [3.8, 4) is 0 Å². The van der Waals surface area contributed by atoms with Gasteiger partial charge >= 0.3 is 17.9 Å². The van der Waals surface area contributed by atoms with Gasteiger partial charge in [0.2, 0.25) is 0 Å². The molecule has 1 atom stereocenters. The van der Waals surface area contributed by atoms with Crippen LogP contribution in [0.1, 0.15) is 297 Å². The van der Waals surface area contributed by atoms with E-state index in [9.17, 15) is 14.4 Å². The van der Waals surface area contributed by atoms with Gasteiger partial charge in [-0.2, -0.15) is 0 Å². The molecule has 0 aliphatic rings. The summed E-state index contributed by atoms with van der Waals surface area (Å²) in [4.78, 5) is 37.9. The Morgan fingerprint density at radius 1 is 0.322 bits per heavy atom. The lowest BCUT2D eigenvalue weighted by Crippen LogP contribution is -2.30. The minimum atomic E-state index is -0.761. The van der Waals surface area contributed by atoms with Gasteiger partial charge in [-0.1, -0.05) is 259 Å². The largest absolute Gasteiger partial charge is 0.462 e. The molecule has 0 fully saturated rings. The highest BCUT2D eigenvalue weighted by Gasteiger charge is 2.19. The maximum atomic E-state index is 12.8. The van der Waals surface area contributed by atoms with Crippen molar-refractivity contribution in [3.63, 3.8) is 0 Å². The molecular weight excluding hydrogens is 733 g/mol. The van der Waals surface area contributed by atoms with Crippen molar-refractivity contribution in [2.24, 2.45) is 5.92 Å². The fraction of sp³-hybridized carbons (Fsp3) is 0.943. The molecule has 350 valence electrons. The summed E-state index contributed by atoms with van der Waals surface area (Å²) in [5.74, 6) is -0.0347. The minimum absolute atomic E-state index is 0.0627. The van der Waals surface area contributed by atoms with E-state index in [4.69, 9.17) is 14.2 Å². The normalized spacial score (nSPS) is 11.9. The van der Waals surface area contributed by atoms with E-state index in [0.717, 1.165) is 63.7 Å². The molecule has 0 aliphatic carbocycles. The van der Waals surface area contributed by atoms with E-state index in [1.54, 1.807) is 0 Å². The quantitative estimate of drug-likeness (QED) is 0.0345. The summed E-state index contributed by atoms with van der Waals surface area (Å²) < 4.78 is 16.8. The van der Waals surface area contributed by atoms with Crippen molar-refractivity contribution in [1.82, 2.24) is 0 Å². The summed E-state index contributed by atoms with van der Waals surface area (Å²) in [5.41, 5.74) is 0. The van der Waals surface area contributed by atoms with Crippen LogP contribution in [0.25, 0.3) is 0 Å². The molecule has 0 saturated carbocycles. The number of carbonyl (C=O) groups is 3. The molecule has 0 radical (unpaired) electrons. The predicted octanol–water partition coefficient (Wildman–Crippen LogP) is 17.1. The average molecular weight is 835 g/mol. The van der Waals surface area contributed by atoms with Gasteiger partial charge < -0.3 is 14.2 Å². The Morgan fingerprint density at radius 3 is 0.831 bits per heavy atom. The Bertz CT molecular complexity index is 887. The van der Waals surface area contributed by atoms with Crippen molar-refractivity contribution >= 4 is 17.9 Å². The Morgan fingerprint density at radius 2 is 0.559 bits per heavy atom. The van der Waals surface area contributed by atoms with Crippen LogP contribution in [-0.2, 0) is 28.6 Å². The molecule has 0 saturated heterocycles. The third-order valence-electron chi connectivity index (χ3n) is 12.0. The number of rotatable bonds is 48. The number of unbranched alkanes of at least 4 members (excludes halogenated alkanes) is 35. The van der Waals surface area contributed by atoms with Gasteiger partial charge in [0.05, 0.1) is 0 Å². The van der Waals surface area contributed by atoms with E-state index >= 15 is 0 Å². The summed E-state index contributed by atoms with van der Waals surface area (Å²) >= 11 is 0. The summed E-state index contributed by atoms with van der Waals surface area (Å²) in [6, 6.07) is 0. The first-order valence-corrected chi connectivity index (χ1v) is 26.4. The standard InChI is InChI=1S/C53H102O6/c1-5-7-9-11-13-15-17-19-21-23-24-28-32-36-40-44-51(54)57-47-50(48-58-52(55)45-41-37-33-30-26-27-31-35-39-43-49(3)4)59-53(56)46-42-38-34-29-25-22-20-18-16-14-12-10-8-6-2/h49-50H,5-48H2,1-4H3/t50-/m1/s1. The summed E-state index contributed by atoms with van der Waals surface area (Å²) in [5, 5.41) is 0. The molecule has 0 bridgehead atoms. The van der Waals surface area contributed by atoms with Crippen LogP contribution in [0.2, 0.25) is 0 Å². The lowest BCUT2D eigenvalue weighted by Gasteiger charge is -2.18. The van der Waals surface area contributed by atoms with Crippen LogP contribution < -0.4 is 0 Å². The molecule has 0 aromatic carbocycles. The van der Waals surface area contributed by atoms with E-state index in [0.29, 0.717) is 19.3 Å². The van der Waals surface area contributed by atoms with Gasteiger partial charge in [0.15, 0.2) is 6.10 Å². The SMILES string of the molecule is CCCCCCCCCCCCCCCCCC(=O)OC[C@H](COC(=O)CCCCCCCCCCCC(C)C)OC(=O)CCCCCCCCCCCCCCCC. The minimum Gasteiger partial charge on any atom is -0.462 e. The molecule has 0 rings (SSSR count). The third-order valence-corrected chi connectivity index (χ3v) is 12.0. The molecule has 0 spiro atoms. The van der Waals surface area contributed by atoms with Gasteiger partial charge in [0.1, 0.15) is 13.2 Å². The van der Waals surface area contributed by atoms with Crippen LogP contribution in [-0.4, -0.2) is 37.2 Å². The fourth-order valence-electron chi connectivity index (χ4n) is 8.04. The zero-order chi connectivity index (χ0) is 43.1.